The van der Waals surface area contributed by atoms with Crippen molar-refractivity contribution in [2.45, 2.75) is 44.6 Å². The molecule has 0 bridgehead atoms. The van der Waals surface area contributed by atoms with Crippen molar-refractivity contribution in [3.63, 3.8) is 0 Å². The molecular formula is C13H22N4. The molecule has 4 heteroatoms. The van der Waals surface area contributed by atoms with Gasteiger partial charge in [0.25, 0.3) is 0 Å². The van der Waals surface area contributed by atoms with Crippen LogP contribution in [0.25, 0.3) is 0 Å². The molecule has 17 heavy (non-hydrogen) atoms. The topological polar surface area (TPSA) is 77.0 Å². The molecule has 1 heterocycles. The zero-order valence-corrected chi connectivity index (χ0v) is 10.2. The number of nitrogens with zero attached hydrogens (tertiary/aromatic N) is 1. The van der Waals surface area contributed by atoms with Crippen molar-refractivity contribution in [1.29, 1.82) is 0 Å². The average Bonchev–Trinajstić information content (AvgIpc) is 2.39. The van der Waals surface area contributed by atoms with Crippen LogP contribution in [-0.4, -0.2) is 11.0 Å². The van der Waals surface area contributed by atoms with Crippen molar-refractivity contribution < 1.29 is 0 Å². The second-order valence-electron chi connectivity index (χ2n) is 4.92. The molecule has 1 aromatic heterocycles. The number of hydrazine groups is 1. The summed E-state index contributed by atoms with van der Waals surface area (Å²) in [5.74, 6) is 6.99. The lowest BCUT2D eigenvalue weighted by Crippen LogP contribution is -2.43. The highest BCUT2D eigenvalue weighted by Crippen LogP contribution is 2.28. The lowest BCUT2D eigenvalue weighted by molar-refractivity contribution is 0.269. The molecule has 1 fully saturated rings. The molecule has 1 unspecified atom stereocenters. The van der Waals surface area contributed by atoms with Crippen LogP contribution in [0.4, 0.5) is 5.82 Å². The Morgan fingerprint density at radius 2 is 2.12 bits per heavy atom. The summed E-state index contributed by atoms with van der Waals surface area (Å²) >= 11 is 0. The Morgan fingerprint density at radius 1 is 1.35 bits per heavy atom. The second kappa shape index (κ2) is 5.98. The molecule has 0 spiro atoms. The van der Waals surface area contributed by atoms with Gasteiger partial charge in [0.15, 0.2) is 0 Å². The van der Waals surface area contributed by atoms with Gasteiger partial charge in [0.1, 0.15) is 5.82 Å². The van der Waals surface area contributed by atoms with E-state index in [-0.39, 0.29) is 0 Å². The van der Waals surface area contributed by atoms with Gasteiger partial charge in [0, 0.05) is 12.2 Å². The normalized spacial score (nSPS) is 19.1. The van der Waals surface area contributed by atoms with E-state index in [2.05, 4.69) is 10.4 Å². The van der Waals surface area contributed by atoms with Gasteiger partial charge in [0.05, 0.1) is 0 Å². The van der Waals surface area contributed by atoms with Crippen LogP contribution < -0.4 is 17.0 Å². The highest BCUT2D eigenvalue weighted by molar-refractivity contribution is 5.38. The molecule has 1 aliphatic carbocycles. The van der Waals surface area contributed by atoms with Crippen LogP contribution in [0.15, 0.2) is 18.3 Å². The minimum atomic E-state index is 0.321. The first-order valence-corrected chi connectivity index (χ1v) is 6.46. The summed E-state index contributed by atoms with van der Waals surface area (Å²) < 4.78 is 0. The highest BCUT2D eigenvalue weighted by atomic mass is 15.2. The van der Waals surface area contributed by atoms with E-state index in [1.54, 1.807) is 6.20 Å². The smallest absolute Gasteiger partial charge is 0.126 e. The first-order valence-electron chi connectivity index (χ1n) is 6.46. The number of nitrogens with one attached hydrogen (secondary N) is 1. The summed E-state index contributed by atoms with van der Waals surface area (Å²) in [6.45, 7) is 0. The van der Waals surface area contributed by atoms with Gasteiger partial charge in [-0.05, 0) is 36.8 Å². The summed E-state index contributed by atoms with van der Waals surface area (Å²) in [5.41, 5.74) is 9.94. The maximum atomic E-state index is 5.87. The van der Waals surface area contributed by atoms with Gasteiger partial charge in [-0.3, -0.25) is 11.3 Å². The highest BCUT2D eigenvalue weighted by Gasteiger charge is 2.23. The monoisotopic (exact) mass is 234 g/mol. The Morgan fingerprint density at radius 3 is 2.76 bits per heavy atom. The third-order valence-corrected chi connectivity index (χ3v) is 3.80. The predicted octanol–water partition coefficient (Wildman–Crippen LogP) is 1.62. The second-order valence-corrected chi connectivity index (χ2v) is 4.92. The van der Waals surface area contributed by atoms with E-state index in [9.17, 15) is 0 Å². The quantitative estimate of drug-likeness (QED) is 0.546. The summed E-state index contributed by atoms with van der Waals surface area (Å²) in [7, 11) is 0. The van der Waals surface area contributed by atoms with Crippen LogP contribution in [0, 0.1) is 5.92 Å². The van der Waals surface area contributed by atoms with Crippen LogP contribution in [-0.2, 0) is 6.42 Å². The Labute approximate surface area is 103 Å². The number of aromatic nitrogens is 1. The molecule has 94 valence electrons. The van der Waals surface area contributed by atoms with Crippen molar-refractivity contribution in [3.05, 3.63) is 23.9 Å². The largest absolute Gasteiger partial charge is 0.383 e. The average molecular weight is 234 g/mol. The Kier molecular flexibility index (Phi) is 4.34. The molecule has 1 atom stereocenters. The lowest BCUT2D eigenvalue weighted by Gasteiger charge is -2.30. The minimum absolute atomic E-state index is 0.321. The molecule has 0 saturated heterocycles. The van der Waals surface area contributed by atoms with Gasteiger partial charge in [-0.1, -0.05) is 25.3 Å². The third-order valence-electron chi connectivity index (χ3n) is 3.80. The van der Waals surface area contributed by atoms with E-state index in [0.29, 0.717) is 17.8 Å². The first-order chi connectivity index (χ1) is 8.31. The molecule has 0 aliphatic heterocycles. The van der Waals surface area contributed by atoms with Crippen LogP contribution in [0.2, 0.25) is 0 Å². The zero-order chi connectivity index (χ0) is 12.1. The number of rotatable bonds is 4. The Hall–Kier alpha value is -1.13. The summed E-state index contributed by atoms with van der Waals surface area (Å²) in [6, 6.07) is 4.29. The van der Waals surface area contributed by atoms with E-state index in [1.807, 2.05) is 12.1 Å². The van der Waals surface area contributed by atoms with Crippen LogP contribution in [0.5, 0.6) is 0 Å². The summed E-state index contributed by atoms with van der Waals surface area (Å²) in [5, 5.41) is 0. The van der Waals surface area contributed by atoms with Crippen molar-refractivity contribution in [1.82, 2.24) is 10.4 Å². The zero-order valence-electron chi connectivity index (χ0n) is 10.2. The van der Waals surface area contributed by atoms with E-state index in [1.165, 1.54) is 32.1 Å². The number of hydrogen-bond acceptors (Lipinski definition) is 4. The van der Waals surface area contributed by atoms with Gasteiger partial charge in [-0.15, -0.1) is 0 Å². The number of nitrogens with two attached hydrogens (primary N) is 2. The van der Waals surface area contributed by atoms with Crippen LogP contribution in [0.3, 0.4) is 0 Å². The van der Waals surface area contributed by atoms with Crippen molar-refractivity contribution in [2.75, 3.05) is 5.73 Å². The van der Waals surface area contributed by atoms with Gasteiger partial charge >= 0.3 is 0 Å². The molecule has 5 N–H and O–H groups in total. The molecule has 1 aromatic rings. The maximum absolute atomic E-state index is 5.87. The van der Waals surface area contributed by atoms with Gasteiger partial charge < -0.3 is 5.73 Å². The molecule has 0 amide bonds. The minimum Gasteiger partial charge on any atom is -0.383 e. The standard InChI is InChI=1S/C13H22N4/c14-13-11(7-4-8-16-13)9-12(17-15)10-5-2-1-3-6-10/h4,7-8,10,12,17H,1-3,5-6,9,15H2,(H2,14,16). The molecule has 0 radical (unpaired) electrons. The van der Waals surface area contributed by atoms with Gasteiger partial charge in [0.2, 0.25) is 0 Å². The van der Waals surface area contributed by atoms with E-state index in [4.69, 9.17) is 11.6 Å². The molecule has 1 aliphatic rings. The molecule has 1 saturated carbocycles. The molecule has 4 nitrogen and oxygen atoms in total. The Balaban J connectivity index is 2.01. The van der Waals surface area contributed by atoms with Crippen LogP contribution >= 0.6 is 0 Å². The van der Waals surface area contributed by atoms with Gasteiger partial charge in [-0.25, -0.2) is 4.98 Å². The molecule has 0 aromatic carbocycles. The fourth-order valence-electron chi connectivity index (χ4n) is 2.76. The Bertz CT molecular complexity index is 347. The van der Waals surface area contributed by atoms with Crippen LogP contribution in [0.1, 0.15) is 37.7 Å². The summed E-state index contributed by atoms with van der Waals surface area (Å²) in [6.07, 6.45) is 9.16. The van der Waals surface area contributed by atoms with Crippen molar-refractivity contribution >= 4 is 5.82 Å². The molecule has 2 rings (SSSR count). The lowest BCUT2D eigenvalue weighted by atomic mass is 9.82. The van der Waals surface area contributed by atoms with E-state index < -0.39 is 0 Å². The van der Waals surface area contributed by atoms with Gasteiger partial charge in [-0.2, -0.15) is 0 Å². The van der Waals surface area contributed by atoms with Crippen molar-refractivity contribution in [3.8, 4) is 0 Å². The SMILES string of the molecule is NNC(Cc1cccnc1N)C1CCCCC1. The van der Waals surface area contributed by atoms with Crippen molar-refractivity contribution in [2.24, 2.45) is 11.8 Å². The fraction of sp³-hybridized carbons (Fsp3) is 0.615. The predicted molar refractivity (Wildman–Crippen MR) is 70.0 cm³/mol. The van der Waals surface area contributed by atoms with E-state index in [0.717, 1.165) is 12.0 Å². The maximum Gasteiger partial charge on any atom is 0.126 e. The first kappa shape index (κ1) is 12.3. The third kappa shape index (κ3) is 3.17. The fourth-order valence-corrected chi connectivity index (χ4v) is 2.76. The number of nitrogen functional groups attached to an aromatic ring is 1. The number of pyridine rings is 1. The summed E-state index contributed by atoms with van der Waals surface area (Å²) in [4.78, 5) is 4.12. The van der Waals surface area contributed by atoms with E-state index >= 15 is 0 Å². The number of hydrogen-bond donors (Lipinski definition) is 3. The number of anilines is 1. The molecular weight excluding hydrogens is 212 g/mol.